The van der Waals surface area contributed by atoms with Crippen LogP contribution in [0.4, 0.5) is 5.69 Å². The minimum absolute atomic E-state index is 0.0147. The van der Waals surface area contributed by atoms with Gasteiger partial charge in [-0.15, -0.1) is 0 Å². The molecule has 1 aromatic heterocycles. The Kier molecular flexibility index (Phi) is 8.95. The van der Waals surface area contributed by atoms with E-state index in [1.165, 1.54) is 26.4 Å². The molecule has 0 bridgehead atoms. The fourth-order valence-corrected chi connectivity index (χ4v) is 5.83. The van der Waals surface area contributed by atoms with Crippen molar-refractivity contribution < 1.29 is 38.2 Å². The molecule has 0 fully saturated rings. The molecule has 11 heteroatoms. The second-order valence-corrected chi connectivity index (χ2v) is 10.1. The molecule has 1 unspecified atom stereocenters. The molecule has 36 heavy (non-hydrogen) atoms. The van der Waals surface area contributed by atoms with Gasteiger partial charge in [0.05, 0.1) is 7.11 Å². The van der Waals surface area contributed by atoms with Crippen LogP contribution in [0.25, 0.3) is 9.65 Å². The van der Waals surface area contributed by atoms with Crippen LogP contribution in [0, 0.1) is 16.0 Å². The van der Waals surface area contributed by atoms with E-state index in [4.69, 9.17) is 23.7 Å². The molecule has 0 aliphatic heterocycles. The maximum absolute atomic E-state index is 13.0. The normalized spacial score (nSPS) is 11.6. The quantitative estimate of drug-likeness (QED) is 0.105. The number of methoxy groups -OCH3 is 4. The van der Waals surface area contributed by atoms with Crippen molar-refractivity contribution in [3.05, 3.63) is 50.4 Å². The first kappa shape index (κ1) is 27.0. The summed E-state index contributed by atoms with van der Waals surface area (Å²) in [7, 11) is 5.88. The average Bonchev–Trinajstić information content (AvgIpc) is 3.31. The third-order valence-electron chi connectivity index (χ3n) is 5.71. The van der Waals surface area contributed by atoms with Crippen molar-refractivity contribution in [3.63, 3.8) is 0 Å². The molecule has 3 aromatic rings. The number of benzene rings is 2. The number of ether oxygens (including phenoxy) is 5. The summed E-state index contributed by atoms with van der Waals surface area (Å²) < 4.78 is 28.0. The molecule has 0 amide bonds. The van der Waals surface area contributed by atoms with Crippen molar-refractivity contribution in [3.8, 4) is 23.0 Å². The molecule has 0 aliphatic carbocycles. The summed E-state index contributed by atoms with van der Waals surface area (Å²) in [6.07, 6.45) is 0.368. The van der Waals surface area contributed by atoms with Gasteiger partial charge in [0.2, 0.25) is 0 Å². The van der Waals surface area contributed by atoms with Gasteiger partial charge in [-0.05, 0) is 0 Å². The van der Waals surface area contributed by atoms with Gasteiger partial charge < -0.3 is 0 Å². The molecule has 0 saturated heterocycles. The first-order chi connectivity index (χ1) is 17.3. The summed E-state index contributed by atoms with van der Waals surface area (Å²) in [5, 5.41) is 12.4. The summed E-state index contributed by atoms with van der Waals surface area (Å²) >= 11 is -0.228. The van der Waals surface area contributed by atoms with Gasteiger partial charge in [-0.25, -0.2) is 0 Å². The molecule has 0 spiro atoms. The van der Waals surface area contributed by atoms with Gasteiger partial charge in [0.15, 0.2) is 0 Å². The first-order valence-electron chi connectivity index (χ1n) is 11.0. The number of fused-ring (bicyclic) bond motifs is 1. The Morgan fingerprint density at radius 2 is 1.50 bits per heavy atom. The molecule has 1 atom stereocenters. The van der Waals surface area contributed by atoms with Crippen LogP contribution < -0.4 is 18.9 Å². The monoisotopic (exact) mass is 565 g/mol. The van der Waals surface area contributed by atoms with Crippen LogP contribution in [0.5, 0.6) is 23.0 Å². The van der Waals surface area contributed by atoms with Crippen molar-refractivity contribution in [1.82, 2.24) is 0 Å². The van der Waals surface area contributed by atoms with Crippen LogP contribution in [-0.2, 0) is 16.1 Å². The Labute approximate surface area is 213 Å². The second kappa shape index (κ2) is 11.9. The van der Waals surface area contributed by atoms with E-state index >= 15 is 0 Å². The van der Waals surface area contributed by atoms with Crippen LogP contribution in [-0.4, -0.2) is 59.6 Å². The Hall–Kier alpha value is -3.56. The van der Waals surface area contributed by atoms with Gasteiger partial charge in [-0.2, -0.15) is 0 Å². The van der Waals surface area contributed by atoms with E-state index in [0.717, 1.165) is 9.65 Å². The number of carbonyl (C=O) groups excluding carboxylic acids is 2. The number of Topliss-reactive ketones (excluding diaryl/α,β-unsaturated/α-hetero) is 1. The Morgan fingerprint density at radius 1 is 0.917 bits per heavy atom. The Bertz CT molecular complexity index is 1240. The van der Waals surface area contributed by atoms with Gasteiger partial charge >= 0.3 is 207 Å². The molecule has 0 aliphatic rings. The molecule has 3 rings (SSSR count). The SMILES string of the molecule is CCC(CC(=O)c1cc2cc(OC)c(OC)cc2[se]1)C(=O)OCc1cc(OC)c(OC)cc1[N+](=O)[O-]. The fraction of sp³-hybridized carbons (Fsp3) is 0.360. The van der Waals surface area contributed by atoms with Crippen molar-refractivity contribution in [2.24, 2.45) is 5.92 Å². The summed E-state index contributed by atoms with van der Waals surface area (Å²) in [5.74, 6) is 0.239. The summed E-state index contributed by atoms with van der Waals surface area (Å²) in [6.45, 7) is 1.45. The third-order valence-corrected chi connectivity index (χ3v) is 8.10. The third kappa shape index (κ3) is 5.80. The van der Waals surface area contributed by atoms with Crippen molar-refractivity contribution in [2.75, 3.05) is 28.4 Å². The molecular weight excluding hydrogens is 537 g/mol. The van der Waals surface area contributed by atoms with Crippen molar-refractivity contribution >= 4 is 41.6 Å². The average molecular weight is 564 g/mol. The fourth-order valence-electron chi connectivity index (χ4n) is 3.69. The molecule has 0 N–H and O–H groups in total. The van der Waals surface area contributed by atoms with Gasteiger partial charge in [0.25, 0.3) is 0 Å². The van der Waals surface area contributed by atoms with Gasteiger partial charge in [-0.3, -0.25) is 0 Å². The molecule has 2 aromatic carbocycles. The van der Waals surface area contributed by atoms with E-state index in [2.05, 4.69) is 0 Å². The van der Waals surface area contributed by atoms with Crippen molar-refractivity contribution in [1.29, 1.82) is 0 Å². The van der Waals surface area contributed by atoms with E-state index in [1.807, 2.05) is 18.2 Å². The van der Waals surface area contributed by atoms with E-state index in [0.29, 0.717) is 22.4 Å². The molecule has 10 nitrogen and oxygen atoms in total. The predicted octanol–water partition coefficient (Wildman–Crippen LogP) is 4.18. The van der Waals surface area contributed by atoms with Crippen LogP contribution in [0.3, 0.4) is 0 Å². The number of esters is 1. The summed E-state index contributed by atoms with van der Waals surface area (Å²) in [4.78, 5) is 36.7. The second-order valence-electron chi connectivity index (χ2n) is 7.79. The number of nitro benzene ring substituents is 1. The molecule has 1 heterocycles. The van der Waals surface area contributed by atoms with Crippen LogP contribution >= 0.6 is 0 Å². The summed E-state index contributed by atoms with van der Waals surface area (Å²) in [5.41, 5.74) is -0.0978. The van der Waals surface area contributed by atoms with Crippen molar-refractivity contribution in [2.45, 2.75) is 26.4 Å². The van der Waals surface area contributed by atoms with E-state index in [-0.39, 0.29) is 56.1 Å². The zero-order valence-corrected chi connectivity index (χ0v) is 22.3. The molecule has 192 valence electrons. The maximum atomic E-state index is 13.0. The van der Waals surface area contributed by atoms with Crippen LogP contribution in [0.1, 0.15) is 34.6 Å². The molecule has 0 radical (unpaired) electrons. The van der Waals surface area contributed by atoms with E-state index in [1.54, 1.807) is 21.1 Å². The van der Waals surface area contributed by atoms with E-state index in [9.17, 15) is 19.7 Å². The van der Waals surface area contributed by atoms with Crippen LogP contribution in [0.2, 0.25) is 0 Å². The number of nitrogens with zero attached hydrogens (tertiary/aromatic N) is 1. The van der Waals surface area contributed by atoms with E-state index < -0.39 is 16.8 Å². The predicted molar refractivity (Wildman–Crippen MR) is 133 cm³/mol. The molecule has 0 saturated carbocycles. The number of hydrogen-bond acceptors (Lipinski definition) is 9. The summed E-state index contributed by atoms with van der Waals surface area (Å²) in [6, 6.07) is 8.15. The number of nitro groups is 1. The number of carbonyl (C=O) groups is 2. The minimum atomic E-state index is -0.679. The molecular formula is C25H27NO9Se. The zero-order valence-electron chi connectivity index (χ0n) is 20.6. The first-order valence-corrected chi connectivity index (χ1v) is 12.7. The number of ketones is 1. The standard InChI is InChI=1S/C25H27NO9Se/c1-6-14(7-18(27)24-10-15-8-19(31-2)22(34-5)12-23(15)36-24)25(28)35-13-16-9-20(32-3)21(33-4)11-17(16)26(29)30/h8-12,14H,6-7,13H2,1-5H3. The Morgan fingerprint density at radius 3 is 2.08 bits per heavy atom. The number of rotatable bonds is 12. The number of hydrogen-bond donors (Lipinski definition) is 0. The van der Waals surface area contributed by atoms with Gasteiger partial charge in [-0.1, -0.05) is 0 Å². The van der Waals surface area contributed by atoms with Gasteiger partial charge in [0, 0.05) is 0 Å². The Balaban J connectivity index is 1.74. The van der Waals surface area contributed by atoms with Crippen LogP contribution in [0.15, 0.2) is 30.3 Å². The van der Waals surface area contributed by atoms with Gasteiger partial charge in [0.1, 0.15) is 0 Å². The topological polar surface area (TPSA) is 123 Å². The zero-order chi connectivity index (χ0) is 26.4.